The fourth-order valence-corrected chi connectivity index (χ4v) is 1.56. The number of halogens is 6. The van der Waals surface area contributed by atoms with Gasteiger partial charge in [-0.1, -0.05) is 6.92 Å². The molecule has 0 aromatic heterocycles. The molecule has 0 saturated heterocycles. The average Bonchev–Trinajstić information content (AvgIpc) is 2.47. The van der Waals surface area contributed by atoms with Gasteiger partial charge in [-0.2, -0.15) is 26.3 Å². The number of hydrogen-bond acceptors (Lipinski definition) is 3. The number of ether oxygens (including phenoxy) is 2. The highest BCUT2D eigenvalue weighted by Gasteiger charge is 2.30. The summed E-state index contributed by atoms with van der Waals surface area (Å²) in [7, 11) is 0. The normalized spacial score (nSPS) is 12.0. The SMILES string of the molecule is CCCNC(=O)c1cc(OCC(F)(F)F)ccc1OCC(F)(F)F. The number of amides is 1. The van der Waals surface area contributed by atoms with Crippen LogP contribution in [0, 0.1) is 0 Å². The van der Waals surface area contributed by atoms with E-state index >= 15 is 0 Å². The molecular weight excluding hydrogens is 344 g/mol. The molecule has 1 amide bonds. The molecule has 0 saturated carbocycles. The first-order chi connectivity index (χ1) is 11.0. The maximum absolute atomic E-state index is 12.2. The van der Waals surface area contributed by atoms with Crippen molar-refractivity contribution in [3.8, 4) is 11.5 Å². The number of carbonyl (C=O) groups is 1. The number of hydrogen-bond donors (Lipinski definition) is 1. The smallest absolute Gasteiger partial charge is 0.422 e. The van der Waals surface area contributed by atoms with Crippen LogP contribution in [0.5, 0.6) is 11.5 Å². The van der Waals surface area contributed by atoms with Crippen molar-refractivity contribution in [1.29, 1.82) is 0 Å². The van der Waals surface area contributed by atoms with Crippen LogP contribution in [0.3, 0.4) is 0 Å². The fourth-order valence-electron chi connectivity index (χ4n) is 1.56. The average molecular weight is 359 g/mol. The first kappa shape index (κ1) is 19.9. The van der Waals surface area contributed by atoms with E-state index in [9.17, 15) is 31.1 Å². The van der Waals surface area contributed by atoms with Crippen LogP contribution in [0.25, 0.3) is 0 Å². The topological polar surface area (TPSA) is 47.6 Å². The van der Waals surface area contributed by atoms with E-state index in [2.05, 4.69) is 14.8 Å². The highest BCUT2D eigenvalue weighted by molar-refractivity contribution is 5.97. The minimum absolute atomic E-state index is 0.241. The van der Waals surface area contributed by atoms with E-state index in [4.69, 9.17) is 0 Å². The molecule has 0 unspecified atom stereocenters. The Morgan fingerprint density at radius 3 is 2.17 bits per heavy atom. The standard InChI is InChI=1S/C14H15F6NO3/c1-2-5-21-12(22)10-6-9(23-7-13(15,16)17)3-4-11(10)24-8-14(18,19)20/h3-4,6H,2,5,7-8H2,1H3,(H,21,22). The van der Waals surface area contributed by atoms with Crippen LogP contribution in [0.1, 0.15) is 23.7 Å². The Hall–Kier alpha value is -2.13. The molecule has 0 aliphatic carbocycles. The lowest BCUT2D eigenvalue weighted by Crippen LogP contribution is -2.26. The van der Waals surface area contributed by atoms with E-state index in [-0.39, 0.29) is 17.9 Å². The molecule has 1 N–H and O–H groups in total. The molecule has 10 heteroatoms. The van der Waals surface area contributed by atoms with Crippen molar-refractivity contribution in [2.75, 3.05) is 19.8 Å². The van der Waals surface area contributed by atoms with Gasteiger partial charge >= 0.3 is 12.4 Å². The number of rotatable bonds is 7. The third-order valence-corrected chi connectivity index (χ3v) is 2.53. The minimum Gasteiger partial charge on any atom is -0.484 e. The molecule has 4 nitrogen and oxygen atoms in total. The minimum atomic E-state index is -4.62. The Morgan fingerprint density at radius 2 is 1.62 bits per heavy atom. The molecule has 136 valence electrons. The predicted molar refractivity (Wildman–Crippen MR) is 72.2 cm³/mol. The summed E-state index contributed by atoms with van der Waals surface area (Å²) in [6, 6.07) is 2.86. The molecule has 24 heavy (non-hydrogen) atoms. The van der Waals surface area contributed by atoms with Crippen molar-refractivity contribution in [1.82, 2.24) is 5.32 Å². The summed E-state index contributed by atoms with van der Waals surface area (Å²) >= 11 is 0. The van der Waals surface area contributed by atoms with Crippen LogP contribution >= 0.6 is 0 Å². The van der Waals surface area contributed by atoms with Gasteiger partial charge in [-0.3, -0.25) is 4.79 Å². The van der Waals surface area contributed by atoms with Gasteiger partial charge in [-0.25, -0.2) is 0 Å². The van der Waals surface area contributed by atoms with Gasteiger partial charge in [0.15, 0.2) is 13.2 Å². The van der Waals surface area contributed by atoms with Gasteiger partial charge in [0.2, 0.25) is 0 Å². The second-order valence-corrected chi connectivity index (χ2v) is 4.72. The summed E-state index contributed by atoms with van der Waals surface area (Å²) in [5, 5.41) is 2.41. The van der Waals surface area contributed by atoms with Crippen molar-refractivity contribution in [2.24, 2.45) is 0 Å². The van der Waals surface area contributed by atoms with E-state index in [1.165, 1.54) is 0 Å². The number of alkyl halides is 6. The van der Waals surface area contributed by atoms with Gasteiger partial charge in [0, 0.05) is 6.54 Å². The summed E-state index contributed by atoms with van der Waals surface area (Å²) < 4.78 is 82.2. The Balaban J connectivity index is 2.98. The molecule has 1 rings (SSSR count). The highest BCUT2D eigenvalue weighted by atomic mass is 19.4. The zero-order valence-corrected chi connectivity index (χ0v) is 12.6. The van der Waals surface area contributed by atoms with Gasteiger partial charge in [-0.15, -0.1) is 0 Å². The molecule has 1 aromatic carbocycles. The van der Waals surface area contributed by atoms with Crippen molar-refractivity contribution >= 4 is 5.91 Å². The zero-order chi connectivity index (χ0) is 18.4. The van der Waals surface area contributed by atoms with Crippen LogP contribution < -0.4 is 14.8 Å². The lowest BCUT2D eigenvalue weighted by atomic mass is 10.1. The van der Waals surface area contributed by atoms with Crippen molar-refractivity contribution < 1.29 is 40.6 Å². The summed E-state index contributed by atoms with van der Waals surface area (Å²) in [6.45, 7) is -1.23. The fraction of sp³-hybridized carbons (Fsp3) is 0.500. The summed E-state index contributed by atoms with van der Waals surface area (Å²) in [5.74, 6) is -1.49. The lowest BCUT2D eigenvalue weighted by Gasteiger charge is -2.15. The van der Waals surface area contributed by atoms with E-state index in [1.807, 2.05) is 0 Å². The van der Waals surface area contributed by atoms with Gasteiger partial charge in [0.05, 0.1) is 5.56 Å². The Kier molecular flexibility index (Phi) is 6.73. The van der Waals surface area contributed by atoms with E-state index < -0.39 is 37.2 Å². The van der Waals surface area contributed by atoms with Crippen molar-refractivity contribution in [3.63, 3.8) is 0 Å². The van der Waals surface area contributed by atoms with Crippen LogP contribution in [-0.2, 0) is 0 Å². The summed E-state index contributed by atoms with van der Waals surface area (Å²) in [4.78, 5) is 12.0. The van der Waals surface area contributed by atoms with Crippen LogP contribution in [0.2, 0.25) is 0 Å². The van der Waals surface area contributed by atoms with Gasteiger partial charge in [0.25, 0.3) is 5.91 Å². The van der Waals surface area contributed by atoms with Crippen LogP contribution in [0.15, 0.2) is 18.2 Å². The molecule has 0 heterocycles. The monoisotopic (exact) mass is 359 g/mol. The van der Waals surface area contributed by atoms with Gasteiger partial charge in [0.1, 0.15) is 11.5 Å². The summed E-state index contributed by atoms with van der Waals surface area (Å²) in [6.07, 6.45) is -8.65. The van der Waals surface area contributed by atoms with E-state index in [0.717, 1.165) is 18.2 Å². The molecule has 0 aliphatic heterocycles. The Bertz CT molecular complexity index is 556. The predicted octanol–water partition coefficient (Wildman–Crippen LogP) is 3.71. The quantitative estimate of drug-likeness (QED) is 0.755. The zero-order valence-electron chi connectivity index (χ0n) is 12.6. The van der Waals surface area contributed by atoms with Crippen molar-refractivity contribution in [3.05, 3.63) is 23.8 Å². The molecular formula is C14H15F6NO3. The second kappa shape index (κ2) is 8.11. The molecule has 0 atom stereocenters. The number of carbonyl (C=O) groups excluding carboxylic acids is 1. The third-order valence-electron chi connectivity index (χ3n) is 2.53. The second-order valence-electron chi connectivity index (χ2n) is 4.72. The lowest BCUT2D eigenvalue weighted by molar-refractivity contribution is -0.154. The molecule has 0 aliphatic rings. The van der Waals surface area contributed by atoms with E-state index in [0.29, 0.717) is 6.42 Å². The molecule has 1 aromatic rings. The first-order valence-electron chi connectivity index (χ1n) is 6.83. The number of benzene rings is 1. The van der Waals surface area contributed by atoms with E-state index in [1.54, 1.807) is 6.92 Å². The Labute approximate surface area is 133 Å². The van der Waals surface area contributed by atoms with Crippen LogP contribution in [-0.4, -0.2) is 38.0 Å². The maximum Gasteiger partial charge on any atom is 0.422 e. The highest BCUT2D eigenvalue weighted by Crippen LogP contribution is 2.27. The number of nitrogens with one attached hydrogen (secondary N) is 1. The van der Waals surface area contributed by atoms with Crippen molar-refractivity contribution in [2.45, 2.75) is 25.7 Å². The van der Waals surface area contributed by atoms with Crippen LogP contribution in [0.4, 0.5) is 26.3 Å². The molecule has 0 spiro atoms. The molecule has 0 radical (unpaired) electrons. The third kappa shape index (κ3) is 7.42. The molecule has 0 fully saturated rings. The van der Waals surface area contributed by atoms with Gasteiger partial charge in [-0.05, 0) is 24.6 Å². The first-order valence-corrected chi connectivity index (χ1v) is 6.83. The Morgan fingerprint density at radius 1 is 1.04 bits per heavy atom. The largest absolute Gasteiger partial charge is 0.484 e. The summed E-state index contributed by atoms with van der Waals surface area (Å²) in [5.41, 5.74) is -0.340. The molecule has 0 bridgehead atoms. The van der Waals surface area contributed by atoms with Gasteiger partial charge < -0.3 is 14.8 Å². The maximum atomic E-state index is 12.2.